The minimum Gasteiger partial charge on any atom is -0.332 e. The molecule has 0 radical (unpaired) electrons. The van der Waals surface area contributed by atoms with Crippen LogP contribution in [0, 0.1) is 11.6 Å². The standard InChI is InChI=1S/C19H16F2N4O2S/c20-14-7-6-13(8-15(14)21)24-17(26)9-22-19(27)23-10-18-25-16(11-28-18)12-4-2-1-3-5-12/h1-8,11H,9-10H2,(H,24,26)(H2,22,23,27). The molecule has 0 unspecified atom stereocenters. The van der Waals surface area contributed by atoms with E-state index >= 15 is 0 Å². The second kappa shape index (κ2) is 9.05. The smallest absolute Gasteiger partial charge is 0.315 e. The number of carbonyl (C=O) groups excluding carboxylic acids is 2. The molecule has 0 fully saturated rings. The summed E-state index contributed by atoms with van der Waals surface area (Å²) in [6.07, 6.45) is 0. The molecule has 1 aromatic heterocycles. The molecule has 6 nitrogen and oxygen atoms in total. The zero-order valence-corrected chi connectivity index (χ0v) is 15.4. The van der Waals surface area contributed by atoms with Gasteiger partial charge in [-0.3, -0.25) is 4.79 Å². The van der Waals surface area contributed by atoms with Crippen molar-refractivity contribution in [1.82, 2.24) is 15.6 Å². The second-order valence-electron chi connectivity index (χ2n) is 5.71. The molecule has 3 amide bonds. The maximum atomic E-state index is 13.1. The van der Waals surface area contributed by atoms with Crippen LogP contribution in [0.15, 0.2) is 53.9 Å². The van der Waals surface area contributed by atoms with E-state index in [1.165, 1.54) is 17.4 Å². The number of nitrogens with one attached hydrogen (secondary N) is 3. The van der Waals surface area contributed by atoms with E-state index in [-0.39, 0.29) is 18.8 Å². The summed E-state index contributed by atoms with van der Waals surface area (Å²) in [5.41, 5.74) is 1.92. The van der Waals surface area contributed by atoms with Crippen molar-refractivity contribution in [2.75, 3.05) is 11.9 Å². The van der Waals surface area contributed by atoms with Gasteiger partial charge < -0.3 is 16.0 Å². The van der Waals surface area contributed by atoms with Crippen LogP contribution < -0.4 is 16.0 Å². The lowest BCUT2D eigenvalue weighted by atomic mass is 10.2. The molecule has 28 heavy (non-hydrogen) atoms. The largest absolute Gasteiger partial charge is 0.332 e. The van der Waals surface area contributed by atoms with Gasteiger partial charge >= 0.3 is 6.03 Å². The molecule has 144 valence electrons. The molecule has 0 atom stereocenters. The molecular formula is C19H16F2N4O2S. The van der Waals surface area contributed by atoms with Gasteiger partial charge in [-0.05, 0) is 12.1 Å². The average Bonchev–Trinajstić information content (AvgIpc) is 3.17. The van der Waals surface area contributed by atoms with Gasteiger partial charge in [0.2, 0.25) is 5.91 Å². The molecule has 2 aromatic carbocycles. The second-order valence-corrected chi connectivity index (χ2v) is 6.65. The topological polar surface area (TPSA) is 83.1 Å². The van der Waals surface area contributed by atoms with E-state index in [1.54, 1.807) is 0 Å². The number of halogens is 2. The lowest BCUT2D eigenvalue weighted by Crippen LogP contribution is -2.39. The molecule has 0 saturated heterocycles. The summed E-state index contributed by atoms with van der Waals surface area (Å²) in [5, 5.41) is 9.98. The Morgan fingerprint density at radius 1 is 1.00 bits per heavy atom. The Labute approximate surface area is 163 Å². The predicted molar refractivity (Wildman–Crippen MR) is 103 cm³/mol. The highest BCUT2D eigenvalue weighted by Crippen LogP contribution is 2.21. The van der Waals surface area contributed by atoms with E-state index in [2.05, 4.69) is 20.9 Å². The van der Waals surface area contributed by atoms with Crippen molar-refractivity contribution in [3.05, 3.63) is 70.6 Å². The van der Waals surface area contributed by atoms with Gasteiger partial charge in [-0.2, -0.15) is 0 Å². The number of thiazole rings is 1. The first-order valence-corrected chi connectivity index (χ1v) is 9.15. The maximum absolute atomic E-state index is 13.1. The maximum Gasteiger partial charge on any atom is 0.315 e. The van der Waals surface area contributed by atoms with Crippen LogP contribution in [0.25, 0.3) is 11.3 Å². The van der Waals surface area contributed by atoms with Gasteiger partial charge in [-0.25, -0.2) is 18.6 Å². The van der Waals surface area contributed by atoms with Gasteiger partial charge in [0.1, 0.15) is 5.01 Å². The molecule has 3 rings (SSSR count). The number of aromatic nitrogens is 1. The number of hydrogen-bond acceptors (Lipinski definition) is 4. The third kappa shape index (κ3) is 5.34. The lowest BCUT2D eigenvalue weighted by Gasteiger charge is -2.08. The minimum atomic E-state index is -1.07. The monoisotopic (exact) mass is 402 g/mol. The minimum absolute atomic E-state index is 0.0994. The zero-order chi connectivity index (χ0) is 19.9. The zero-order valence-electron chi connectivity index (χ0n) is 14.5. The van der Waals surface area contributed by atoms with Crippen LogP contribution in [0.4, 0.5) is 19.3 Å². The normalized spacial score (nSPS) is 10.4. The number of carbonyl (C=O) groups is 2. The fourth-order valence-electron chi connectivity index (χ4n) is 2.29. The highest BCUT2D eigenvalue weighted by atomic mass is 32.1. The molecule has 0 aliphatic rings. The lowest BCUT2D eigenvalue weighted by molar-refractivity contribution is -0.115. The third-order valence-corrected chi connectivity index (χ3v) is 4.48. The number of hydrogen-bond donors (Lipinski definition) is 3. The molecule has 1 heterocycles. The molecule has 0 aliphatic carbocycles. The first-order chi connectivity index (χ1) is 13.5. The van der Waals surface area contributed by atoms with Crippen molar-refractivity contribution in [1.29, 1.82) is 0 Å². The molecule has 9 heteroatoms. The third-order valence-electron chi connectivity index (χ3n) is 3.63. The number of benzene rings is 2. The van der Waals surface area contributed by atoms with Crippen LogP contribution in [0.5, 0.6) is 0 Å². The van der Waals surface area contributed by atoms with Gasteiger partial charge in [0.05, 0.1) is 18.8 Å². The molecule has 0 spiro atoms. The summed E-state index contributed by atoms with van der Waals surface area (Å²) in [7, 11) is 0. The van der Waals surface area contributed by atoms with Crippen LogP contribution in [0.3, 0.4) is 0 Å². The molecule has 0 aliphatic heterocycles. The Hall–Kier alpha value is -3.33. The van der Waals surface area contributed by atoms with Gasteiger partial charge in [-0.1, -0.05) is 30.3 Å². The quantitative estimate of drug-likeness (QED) is 0.590. The van der Waals surface area contributed by atoms with Gasteiger partial charge in [0.15, 0.2) is 11.6 Å². The number of rotatable bonds is 6. The van der Waals surface area contributed by atoms with Crippen molar-refractivity contribution in [3.63, 3.8) is 0 Å². The van der Waals surface area contributed by atoms with Crippen molar-refractivity contribution in [3.8, 4) is 11.3 Å². The van der Waals surface area contributed by atoms with E-state index in [1.807, 2.05) is 35.7 Å². The summed E-state index contributed by atoms with van der Waals surface area (Å²) in [5.74, 6) is -2.64. The fourth-order valence-corrected chi connectivity index (χ4v) is 3.03. The predicted octanol–water partition coefficient (Wildman–Crippen LogP) is 3.53. The van der Waals surface area contributed by atoms with Gasteiger partial charge in [0.25, 0.3) is 0 Å². The Bertz CT molecular complexity index is 979. The molecule has 0 bridgehead atoms. The molecule has 0 saturated carbocycles. The molecule has 3 N–H and O–H groups in total. The van der Waals surface area contributed by atoms with E-state index < -0.39 is 23.6 Å². The number of anilines is 1. The summed E-state index contributed by atoms with van der Waals surface area (Å²) in [4.78, 5) is 28.0. The van der Waals surface area contributed by atoms with Crippen LogP contribution in [0.1, 0.15) is 5.01 Å². The summed E-state index contributed by atoms with van der Waals surface area (Å²) >= 11 is 1.42. The van der Waals surface area contributed by atoms with Crippen LogP contribution in [-0.2, 0) is 11.3 Å². The van der Waals surface area contributed by atoms with Gasteiger partial charge in [0, 0.05) is 22.7 Å². The van der Waals surface area contributed by atoms with Crippen molar-refractivity contribution < 1.29 is 18.4 Å². The number of amides is 3. The Morgan fingerprint density at radius 3 is 2.54 bits per heavy atom. The Balaban J connectivity index is 1.42. The van der Waals surface area contributed by atoms with E-state index in [0.29, 0.717) is 0 Å². The summed E-state index contributed by atoms with van der Waals surface area (Å²) in [6, 6.07) is 12.1. The van der Waals surface area contributed by atoms with Crippen molar-refractivity contribution in [2.24, 2.45) is 0 Å². The van der Waals surface area contributed by atoms with Crippen LogP contribution in [-0.4, -0.2) is 23.5 Å². The summed E-state index contributed by atoms with van der Waals surface area (Å²) in [6.45, 7) is -0.105. The number of nitrogens with zero attached hydrogens (tertiary/aromatic N) is 1. The van der Waals surface area contributed by atoms with Crippen LogP contribution in [0.2, 0.25) is 0 Å². The molecule has 3 aromatic rings. The van der Waals surface area contributed by atoms with E-state index in [4.69, 9.17) is 0 Å². The van der Waals surface area contributed by atoms with E-state index in [0.717, 1.165) is 28.4 Å². The SMILES string of the molecule is O=C(CNC(=O)NCc1nc(-c2ccccc2)cs1)Nc1ccc(F)c(F)c1. The summed E-state index contributed by atoms with van der Waals surface area (Å²) < 4.78 is 26.0. The average molecular weight is 402 g/mol. The first kappa shape index (κ1) is 19.4. The van der Waals surface area contributed by atoms with E-state index in [9.17, 15) is 18.4 Å². The van der Waals surface area contributed by atoms with Gasteiger partial charge in [-0.15, -0.1) is 11.3 Å². The highest BCUT2D eigenvalue weighted by Gasteiger charge is 2.09. The van der Waals surface area contributed by atoms with Crippen molar-refractivity contribution in [2.45, 2.75) is 6.54 Å². The highest BCUT2D eigenvalue weighted by molar-refractivity contribution is 7.09. The van der Waals surface area contributed by atoms with Crippen molar-refractivity contribution >= 4 is 29.0 Å². The Morgan fingerprint density at radius 2 is 1.79 bits per heavy atom. The number of urea groups is 1. The molecular weight excluding hydrogens is 386 g/mol. The fraction of sp³-hybridized carbons (Fsp3) is 0.105. The Kier molecular flexibility index (Phi) is 6.28. The van der Waals surface area contributed by atoms with Crippen LogP contribution >= 0.6 is 11.3 Å². The first-order valence-electron chi connectivity index (χ1n) is 8.27.